The Kier molecular flexibility index (Phi) is 12.2. The zero-order valence-electron chi connectivity index (χ0n) is 33.9. The topological polar surface area (TPSA) is 180 Å². The Morgan fingerprint density at radius 2 is 1.26 bits per heavy atom. The van der Waals surface area contributed by atoms with Crippen LogP contribution in [0.1, 0.15) is 81.2 Å². The normalized spacial score (nSPS) is 19.2. The number of nitrogens with zero attached hydrogens (tertiary/aromatic N) is 3. The number of nitrogens with one attached hydrogen (secondary N) is 4. The highest BCUT2D eigenvalue weighted by Gasteiger charge is 2.41. The maximum atomic E-state index is 13.9. The van der Waals surface area contributed by atoms with E-state index in [9.17, 15) is 19.2 Å². The fourth-order valence-electron chi connectivity index (χ4n) is 8.44. The molecule has 2 fully saturated rings. The van der Waals surface area contributed by atoms with Gasteiger partial charge in [-0.2, -0.15) is 0 Å². The Labute approximate surface area is 338 Å². The highest BCUT2D eigenvalue weighted by molar-refractivity contribution is 5.87. The lowest BCUT2D eigenvalue weighted by molar-refractivity contribution is -0.137. The average Bonchev–Trinajstić information content (AvgIpc) is 4.10. The predicted molar refractivity (Wildman–Crippen MR) is 215 cm³/mol. The van der Waals surface area contributed by atoms with Crippen molar-refractivity contribution >= 4 is 24.0 Å². The molecule has 0 radical (unpaired) electrons. The van der Waals surface area contributed by atoms with E-state index in [1.165, 1.54) is 21.3 Å². The number of H-pyrrole nitrogens is 2. The minimum Gasteiger partial charge on any atom is -0.453 e. The van der Waals surface area contributed by atoms with Crippen LogP contribution in [0, 0.1) is 5.92 Å². The third kappa shape index (κ3) is 8.05. The smallest absolute Gasteiger partial charge is 0.407 e. The number of ether oxygens (including phenoxy) is 4. The van der Waals surface area contributed by atoms with Gasteiger partial charge in [0.25, 0.3) is 0 Å². The highest BCUT2D eigenvalue weighted by Crippen LogP contribution is 2.42. The monoisotopic (exact) mass is 795 g/mol. The molecule has 308 valence electrons. The maximum absolute atomic E-state index is 13.9. The minimum atomic E-state index is -0.891. The van der Waals surface area contributed by atoms with Gasteiger partial charge in [0.15, 0.2) is 0 Å². The van der Waals surface area contributed by atoms with Crippen molar-refractivity contribution in [1.29, 1.82) is 0 Å². The summed E-state index contributed by atoms with van der Waals surface area (Å²) in [6.07, 6.45) is 3.18. The molecule has 0 aliphatic carbocycles. The van der Waals surface area contributed by atoms with Gasteiger partial charge < -0.3 is 49.3 Å². The molecule has 4 aromatic rings. The molecule has 5 heterocycles. The van der Waals surface area contributed by atoms with Gasteiger partial charge in [-0.25, -0.2) is 14.6 Å². The molecule has 58 heavy (non-hydrogen) atoms. The lowest BCUT2D eigenvalue weighted by Gasteiger charge is -2.31. The zero-order chi connectivity index (χ0) is 41.1. The van der Waals surface area contributed by atoms with E-state index in [-0.39, 0.29) is 29.8 Å². The summed E-state index contributed by atoms with van der Waals surface area (Å²) < 4.78 is 21.0. The number of methoxy groups -OCH3 is 3. The van der Waals surface area contributed by atoms with Gasteiger partial charge >= 0.3 is 12.2 Å². The number of alkyl carbamates (subject to hydrolysis) is 2. The first-order valence-electron chi connectivity index (χ1n) is 19.9. The van der Waals surface area contributed by atoms with Gasteiger partial charge in [0.05, 0.1) is 63.2 Å². The molecule has 4 amide bonds. The van der Waals surface area contributed by atoms with Crippen LogP contribution in [0.3, 0.4) is 0 Å². The molecule has 5 atom stereocenters. The fraction of sp³-hybridized carbons (Fsp3) is 0.465. The van der Waals surface area contributed by atoms with E-state index in [4.69, 9.17) is 18.9 Å². The maximum Gasteiger partial charge on any atom is 0.407 e. The first kappa shape index (κ1) is 40.5. The summed E-state index contributed by atoms with van der Waals surface area (Å²) in [6.45, 7) is 7.65. The van der Waals surface area contributed by atoms with E-state index in [0.29, 0.717) is 26.3 Å². The van der Waals surface area contributed by atoms with Gasteiger partial charge in [0.1, 0.15) is 17.9 Å². The van der Waals surface area contributed by atoms with Crippen LogP contribution in [0.15, 0.2) is 54.7 Å². The van der Waals surface area contributed by atoms with Gasteiger partial charge in [-0.1, -0.05) is 62.4 Å². The molecule has 7 rings (SSSR count). The number of rotatable bonds is 12. The molecular weight excluding hydrogens is 743 g/mol. The average molecular weight is 796 g/mol. The third-order valence-corrected chi connectivity index (χ3v) is 11.7. The Bertz CT molecular complexity index is 2110. The van der Waals surface area contributed by atoms with Crippen LogP contribution < -0.4 is 10.6 Å². The molecule has 15 nitrogen and oxygen atoms in total. The molecule has 2 saturated heterocycles. The summed E-state index contributed by atoms with van der Waals surface area (Å²) in [5.74, 6) is 0.254. The molecule has 2 aromatic carbocycles. The predicted octanol–water partition coefficient (Wildman–Crippen LogP) is 6.24. The second-order valence-corrected chi connectivity index (χ2v) is 15.5. The second-order valence-electron chi connectivity index (χ2n) is 15.5. The molecule has 3 aliphatic rings. The number of aromatic nitrogens is 3. The molecule has 0 unspecified atom stereocenters. The molecular formula is C43H53N7O8. The number of benzene rings is 2. The molecule has 0 spiro atoms. The van der Waals surface area contributed by atoms with E-state index >= 15 is 0 Å². The van der Waals surface area contributed by atoms with Gasteiger partial charge in [-0.3, -0.25) is 9.59 Å². The fourth-order valence-corrected chi connectivity index (χ4v) is 8.44. The van der Waals surface area contributed by atoms with Gasteiger partial charge in [0.2, 0.25) is 11.8 Å². The van der Waals surface area contributed by atoms with Crippen LogP contribution in [-0.2, 0) is 41.8 Å². The van der Waals surface area contributed by atoms with Crippen LogP contribution in [0.5, 0.6) is 0 Å². The Hall–Kier alpha value is -5.67. The van der Waals surface area contributed by atoms with Gasteiger partial charge in [-0.05, 0) is 60.8 Å². The van der Waals surface area contributed by atoms with Crippen LogP contribution in [0.2, 0.25) is 0 Å². The summed E-state index contributed by atoms with van der Waals surface area (Å²) in [4.78, 5) is 67.0. The number of carbonyl (C=O) groups excluding carboxylic acids is 4. The quantitative estimate of drug-likeness (QED) is 0.129. The van der Waals surface area contributed by atoms with Crippen molar-refractivity contribution in [3.05, 3.63) is 77.4 Å². The van der Waals surface area contributed by atoms with Crippen molar-refractivity contribution in [2.45, 2.75) is 89.9 Å². The van der Waals surface area contributed by atoms with E-state index < -0.39 is 30.4 Å². The first-order chi connectivity index (χ1) is 28.0. The van der Waals surface area contributed by atoms with E-state index in [0.717, 1.165) is 82.0 Å². The van der Waals surface area contributed by atoms with E-state index in [1.807, 2.05) is 23.6 Å². The summed E-state index contributed by atoms with van der Waals surface area (Å²) >= 11 is 0. The zero-order valence-corrected chi connectivity index (χ0v) is 33.9. The van der Waals surface area contributed by atoms with Crippen molar-refractivity contribution in [2.24, 2.45) is 5.92 Å². The number of likely N-dealkylation sites (tertiary alicyclic amines) is 2. The highest BCUT2D eigenvalue weighted by atomic mass is 16.5. The van der Waals surface area contributed by atoms with Crippen LogP contribution in [0.4, 0.5) is 9.59 Å². The summed E-state index contributed by atoms with van der Waals surface area (Å²) in [5, 5.41) is 5.36. The van der Waals surface area contributed by atoms with Crippen LogP contribution in [-0.4, -0.2) is 101 Å². The van der Waals surface area contributed by atoms with Gasteiger partial charge in [-0.15, -0.1) is 0 Å². The number of aromatic amines is 2. The first-order valence-corrected chi connectivity index (χ1v) is 19.9. The molecule has 15 heteroatoms. The van der Waals surface area contributed by atoms with Crippen molar-refractivity contribution in [2.75, 3.05) is 34.4 Å². The Morgan fingerprint density at radius 3 is 1.86 bits per heavy atom. The summed E-state index contributed by atoms with van der Waals surface area (Å²) in [5.41, 5.74) is 9.10. The Morgan fingerprint density at radius 1 is 0.724 bits per heavy atom. The number of hydrogen-bond donors (Lipinski definition) is 4. The van der Waals surface area contributed by atoms with Gasteiger partial charge in [0, 0.05) is 37.0 Å². The van der Waals surface area contributed by atoms with Crippen LogP contribution in [0.25, 0.3) is 33.6 Å². The SMILES string of the molecule is COC(=O)N[C@H](C(=O)N1CCC[C@H]1c1ncc(-c2ccc(-c3ccc(-c4[nH]c([C@H]5CCCN5C(=O)[C@@H](NC(=O)OC)[C@@H](C)OC)c5c4COC5)cc3)cc2)[nH]1)C(C)C. The number of carbonyl (C=O) groups is 4. The molecule has 2 aromatic heterocycles. The number of fused-ring (bicyclic) bond motifs is 1. The molecule has 4 N–H and O–H groups in total. The van der Waals surface area contributed by atoms with Crippen LogP contribution >= 0.6 is 0 Å². The third-order valence-electron chi connectivity index (χ3n) is 11.7. The van der Waals surface area contributed by atoms with E-state index in [1.54, 1.807) is 13.1 Å². The Balaban J connectivity index is 1.05. The molecule has 0 saturated carbocycles. The number of imidazole rings is 1. The minimum absolute atomic E-state index is 0.109. The van der Waals surface area contributed by atoms with E-state index in [2.05, 4.69) is 74.1 Å². The van der Waals surface area contributed by atoms with Crippen molar-refractivity contribution in [3.63, 3.8) is 0 Å². The number of hydrogen-bond acceptors (Lipinski definition) is 9. The van der Waals surface area contributed by atoms with Crippen molar-refractivity contribution in [3.8, 4) is 33.6 Å². The second kappa shape index (κ2) is 17.4. The molecule has 0 bridgehead atoms. The lowest BCUT2D eigenvalue weighted by Crippen LogP contribution is -2.54. The summed E-state index contributed by atoms with van der Waals surface area (Å²) in [6, 6.07) is 14.7. The largest absolute Gasteiger partial charge is 0.453 e. The standard InChI is InChI=1S/C43H53N7O8/c1-24(2)35(47-42(53)56-5)40(51)50-20-8-10-34(50)39-44-21-32(45-39)28-15-11-26(12-16-28)27-13-17-29(18-14-27)37-30-22-58-23-31(30)38(46-37)33-9-7-19-49(33)41(52)36(25(3)55-4)48-43(54)57-6/h11-18,21,24-25,33-36,46H,7-10,19-20,22-23H2,1-6H3,(H,44,45)(H,47,53)(H,48,54)/t25-,33-,34+,35+,36+/m1/s1. The molecule has 3 aliphatic heterocycles. The summed E-state index contributed by atoms with van der Waals surface area (Å²) in [7, 11) is 4.07. The lowest BCUT2D eigenvalue weighted by atomic mass is 9.99. The van der Waals surface area contributed by atoms with Crippen molar-refractivity contribution in [1.82, 2.24) is 35.4 Å². The van der Waals surface area contributed by atoms with Crippen molar-refractivity contribution < 1.29 is 38.1 Å². The number of amides is 4.